The monoisotopic (exact) mass is 269 g/mol. The van der Waals surface area contributed by atoms with Crippen LogP contribution in [0.1, 0.15) is 24.4 Å². The smallest absolute Gasteiger partial charge is 0.0468 e. The lowest BCUT2D eigenvalue weighted by Crippen LogP contribution is -2.12. The van der Waals surface area contributed by atoms with Crippen LogP contribution in [0.4, 0.5) is 0 Å². The first kappa shape index (κ1) is 15.0. The van der Waals surface area contributed by atoms with Crippen molar-refractivity contribution in [3.8, 4) is 0 Å². The van der Waals surface area contributed by atoms with E-state index in [9.17, 15) is 0 Å². The minimum absolute atomic E-state index is 0. The second-order valence-corrected chi connectivity index (χ2v) is 3.92. The summed E-state index contributed by atoms with van der Waals surface area (Å²) in [5.74, 6) is 0. The fraction of sp³-hybridized carbons (Fsp3) is 0.400. The summed E-state index contributed by atoms with van der Waals surface area (Å²) < 4.78 is 0. The third-order valence-corrected chi connectivity index (χ3v) is 2.70. The van der Waals surface area contributed by atoms with Crippen molar-refractivity contribution in [3.05, 3.63) is 33.8 Å². The van der Waals surface area contributed by atoms with Gasteiger partial charge in [-0.1, -0.05) is 29.3 Å². The van der Waals surface area contributed by atoms with Crippen molar-refractivity contribution in [3.63, 3.8) is 0 Å². The lowest BCUT2D eigenvalue weighted by atomic mass is 10.0. The van der Waals surface area contributed by atoms with E-state index in [1.54, 1.807) is 18.2 Å². The van der Waals surface area contributed by atoms with Gasteiger partial charge < -0.3 is 10.8 Å². The molecule has 1 aromatic rings. The Labute approximate surface area is 106 Å². The number of rotatable bonds is 4. The van der Waals surface area contributed by atoms with Crippen LogP contribution in [-0.2, 0) is 0 Å². The molecule has 0 aliphatic rings. The summed E-state index contributed by atoms with van der Waals surface area (Å²) in [6, 6.07) is 5.11. The summed E-state index contributed by atoms with van der Waals surface area (Å²) >= 11 is 12.0. The molecule has 1 rings (SSSR count). The molecule has 0 spiro atoms. The zero-order chi connectivity index (χ0) is 10.6. The summed E-state index contributed by atoms with van der Waals surface area (Å²) in [5, 5.41) is 9.85. The topological polar surface area (TPSA) is 46.2 Å². The average molecular weight is 271 g/mol. The van der Waals surface area contributed by atoms with Gasteiger partial charge in [-0.3, -0.25) is 0 Å². The van der Waals surface area contributed by atoms with Crippen molar-refractivity contribution >= 4 is 35.6 Å². The van der Waals surface area contributed by atoms with Crippen LogP contribution in [0.2, 0.25) is 10.0 Å². The molecule has 3 N–H and O–H groups in total. The normalized spacial score (nSPS) is 12.0. The highest BCUT2D eigenvalue weighted by Crippen LogP contribution is 2.30. The van der Waals surface area contributed by atoms with Gasteiger partial charge in [0.05, 0.1) is 0 Å². The van der Waals surface area contributed by atoms with E-state index in [4.69, 9.17) is 34.0 Å². The van der Waals surface area contributed by atoms with Crippen molar-refractivity contribution < 1.29 is 5.11 Å². The van der Waals surface area contributed by atoms with Crippen molar-refractivity contribution in [1.82, 2.24) is 0 Å². The van der Waals surface area contributed by atoms with Gasteiger partial charge >= 0.3 is 0 Å². The molecule has 86 valence electrons. The van der Waals surface area contributed by atoms with E-state index in [-0.39, 0.29) is 25.1 Å². The van der Waals surface area contributed by atoms with Gasteiger partial charge in [-0.2, -0.15) is 0 Å². The molecule has 1 atom stereocenters. The molecule has 0 saturated carbocycles. The molecule has 2 nitrogen and oxygen atoms in total. The van der Waals surface area contributed by atoms with Crippen LogP contribution in [0.25, 0.3) is 0 Å². The molecular formula is C10H14Cl3NO. The number of hydrogen-bond donors (Lipinski definition) is 2. The predicted octanol–water partition coefficient (Wildman–Crippen LogP) is 3.19. The van der Waals surface area contributed by atoms with Crippen LogP contribution in [0.5, 0.6) is 0 Å². The molecule has 0 heterocycles. The number of aliphatic hydroxyl groups is 1. The molecule has 0 fully saturated rings. The van der Waals surface area contributed by atoms with Gasteiger partial charge in [0.2, 0.25) is 0 Å². The number of aliphatic hydroxyl groups excluding tert-OH is 1. The maximum absolute atomic E-state index is 8.68. The van der Waals surface area contributed by atoms with E-state index >= 15 is 0 Å². The Kier molecular flexibility index (Phi) is 7.32. The van der Waals surface area contributed by atoms with Crippen molar-refractivity contribution in [2.75, 3.05) is 6.61 Å². The van der Waals surface area contributed by atoms with Crippen molar-refractivity contribution in [2.24, 2.45) is 5.73 Å². The first-order valence-electron chi connectivity index (χ1n) is 4.47. The summed E-state index contributed by atoms with van der Waals surface area (Å²) in [6.07, 6.45) is 1.34. The van der Waals surface area contributed by atoms with E-state index in [1.807, 2.05) is 0 Å². The fourth-order valence-corrected chi connectivity index (χ4v) is 2.00. The first-order valence-corrected chi connectivity index (χ1v) is 5.22. The maximum Gasteiger partial charge on any atom is 0.0468 e. The minimum Gasteiger partial charge on any atom is -0.396 e. The molecule has 15 heavy (non-hydrogen) atoms. The average Bonchev–Trinajstić information content (AvgIpc) is 2.14. The highest BCUT2D eigenvalue weighted by atomic mass is 35.5. The van der Waals surface area contributed by atoms with Gasteiger partial charge in [-0.15, -0.1) is 12.4 Å². The number of halogens is 3. The van der Waals surface area contributed by atoms with E-state index < -0.39 is 0 Å². The van der Waals surface area contributed by atoms with E-state index in [0.717, 1.165) is 5.56 Å². The van der Waals surface area contributed by atoms with Crippen molar-refractivity contribution in [1.29, 1.82) is 0 Å². The molecular weight excluding hydrogens is 256 g/mol. The molecule has 0 saturated heterocycles. The zero-order valence-corrected chi connectivity index (χ0v) is 10.4. The summed E-state index contributed by atoms with van der Waals surface area (Å²) in [5.41, 5.74) is 6.67. The van der Waals surface area contributed by atoms with Gasteiger partial charge in [0.25, 0.3) is 0 Å². The lowest BCUT2D eigenvalue weighted by molar-refractivity contribution is 0.280. The SMILES string of the molecule is Cl.N[C@@H](CCCO)c1c(Cl)cccc1Cl. The van der Waals surface area contributed by atoms with Crippen LogP contribution in [-0.4, -0.2) is 11.7 Å². The third kappa shape index (κ3) is 4.17. The third-order valence-electron chi connectivity index (χ3n) is 2.04. The number of nitrogens with two attached hydrogens (primary N) is 1. The quantitative estimate of drug-likeness (QED) is 0.883. The zero-order valence-electron chi connectivity index (χ0n) is 8.12. The fourth-order valence-electron chi connectivity index (χ4n) is 1.32. The van der Waals surface area contributed by atoms with Crippen LogP contribution in [0.15, 0.2) is 18.2 Å². The predicted molar refractivity (Wildman–Crippen MR) is 67.0 cm³/mol. The Morgan fingerprint density at radius 3 is 2.27 bits per heavy atom. The van der Waals surface area contributed by atoms with Gasteiger partial charge in [-0.05, 0) is 25.0 Å². The number of benzene rings is 1. The van der Waals surface area contributed by atoms with Crippen LogP contribution < -0.4 is 5.73 Å². The Bertz CT molecular complexity index is 286. The van der Waals surface area contributed by atoms with Gasteiger partial charge in [-0.25, -0.2) is 0 Å². The van der Waals surface area contributed by atoms with Crippen LogP contribution in [0, 0.1) is 0 Å². The van der Waals surface area contributed by atoms with Gasteiger partial charge in [0.1, 0.15) is 0 Å². The molecule has 1 aromatic carbocycles. The molecule has 0 aromatic heterocycles. The summed E-state index contributed by atoms with van der Waals surface area (Å²) in [4.78, 5) is 0. The number of hydrogen-bond acceptors (Lipinski definition) is 2. The lowest BCUT2D eigenvalue weighted by Gasteiger charge is -2.14. The van der Waals surface area contributed by atoms with E-state index in [2.05, 4.69) is 0 Å². The Morgan fingerprint density at radius 2 is 1.80 bits per heavy atom. The van der Waals surface area contributed by atoms with Crippen molar-refractivity contribution in [2.45, 2.75) is 18.9 Å². The Hall–Kier alpha value is 0.01000. The molecule has 0 amide bonds. The van der Waals surface area contributed by atoms with Crippen LogP contribution in [0.3, 0.4) is 0 Å². The largest absolute Gasteiger partial charge is 0.396 e. The maximum atomic E-state index is 8.68. The van der Waals surface area contributed by atoms with Gasteiger partial charge in [0.15, 0.2) is 0 Å². The highest BCUT2D eigenvalue weighted by Gasteiger charge is 2.13. The Morgan fingerprint density at radius 1 is 1.27 bits per heavy atom. The molecule has 5 heteroatoms. The molecule has 0 radical (unpaired) electrons. The van der Waals surface area contributed by atoms with Gasteiger partial charge in [0, 0.05) is 28.3 Å². The van der Waals surface area contributed by atoms with E-state index in [0.29, 0.717) is 22.9 Å². The molecule has 0 aliphatic heterocycles. The van der Waals surface area contributed by atoms with E-state index in [1.165, 1.54) is 0 Å². The summed E-state index contributed by atoms with van der Waals surface area (Å²) in [7, 11) is 0. The molecule has 0 bridgehead atoms. The molecule has 0 aliphatic carbocycles. The summed E-state index contributed by atoms with van der Waals surface area (Å²) in [6.45, 7) is 0.135. The first-order chi connectivity index (χ1) is 6.66. The molecule has 0 unspecified atom stereocenters. The Balaban J connectivity index is 0.00000196. The van der Waals surface area contributed by atoms with Crippen LogP contribution >= 0.6 is 35.6 Å². The second-order valence-electron chi connectivity index (χ2n) is 3.11. The second kappa shape index (κ2) is 7.31. The minimum atomic E-state index is -0.205. The highest BCUT2D eigenvalue weighted by molar-refractivity contribution is 6.36. The standard InChI is InChI=1S/C10H13Cl2NO.ClH/c11-7-3-1-4-8(12)10(7)9(13)5-2-6-14;/h1,3-4,9,14H,2,5-6,13H2;1H/t9-;/m0./s1.